The van der Waals surface area contributed by atoms with Gasteiger partial charge in [-0.05, 0) is 25.5 Å². The second-order valence-corrected chi connectivity index (χ2v) is 3.07. The zero-order chi connectivity index (χ0) is 10.6. The van der Waals surface area contributed by atoms with Crippen LogP contribution in [0.25, 0.3) is 0 Å². The van der Waals surface area contributed by atoms with Gasteiger partial charge in [0.15, 0.2) is 0 Å². The molecule has 14 heavy (non-hydrogen) atoms. The number of carbonyl (C=O) groups is 1. The molecule has 0 unspecified atom stereocenters. The molecule has 0 aromatic carbocycles. The van der Waals surface area contributed by atoms with Crippen LogP contribution in [-0.2, 0) is 4.79 Å². The Bertz CT molecular complexity index is 326. The van der Waals surface area contributed by atoms with Gasteiger partial charge in [-0.3, -0.25) is 9.78 Å². The molecule has 1 rings (SSSR count). The molecule has 0 radical (unpaired) electrons. The van der Waals surface area contributed by atoms with Crippen molar-refractivity contribution in [1.82, 2.24) is 4.98 Å². The van der Waals surface area contributed by atoms with E-state index in [1.165, 1.54) is 0 Å². The summed E-state index contributed by atoms with van der Waals surface area (Å²) >= 11 is 0. The number of rotatable bonds is 4. The van der Waals surface area contributed by atoms with Gasteiger partial charge in [-0.1, -0.05) is 0 Å². The van der Waals surface area contributed by atoms with E-state index in [0.29, 0.717) is 6.54 Å². The van der Waals surface area contributed by atoms with Crippen LogP contribution in [0.15, 0.2) is 18.5 Å². The first-order chi connectivity index (χ1) is 6.65. The smallest absolute Gasteiger partial charge is 0.323 e. The van der Waals surface area contributed by atoms with Crippen molar-refractivity contribution >= 4 is 11.7 Å². The van der Waals surface area contributed by atoms with Crippen molar-refractivity contribution in [2.24, 2.45) is 0 Å². The first-order valence-corrected chi connectivity index (χ1v) is 4.52. The molecule has 0 amide bonds. The fourth-order valence-electron chi connectivity index (χ4n) is 1.35. The summed E-state index contributed by atoms with van der Waals surface area (Å²) in [6.07, 6.45) is 3.41. The number of pyridine rings is 1. The lowest BCUT2D eigenvalue weighted by molar-refractivity contribution is -0.135. The Kier molecular flexibility index (Phi) is 3.45. The van der Waals surface area contributed by atoms with E-state index in [9.17, 15) is 4.79 Å². The topological polar surface area (TPSA) is 53.4 Å². The summed E-state index contributed by atoms with van der Waals surface area (Å²) in [5.74, 6) is -0.817. The van der Waals surface area contributed by atoms with E-state index in [0.717, 1.165) is 11.3 Å². The van der Waals surface area contributed by atoms with Crippen LogP contribution in [-0.4, -0.2) is 29.1 Å². The molecule has 4 nitrogen and oxygen atoms in total. The van der Waals surface area contributed by atoms with Crippen LogP contribution in [0.2, 0.25) is 0 Å². The summed E-state index contributed by atoms with van der Waals surface area (Å²) in [7, 11) is 0. The van der Waals surface area contributed by atoms with Crippen molar-refractivity contribution < 1.29 is 9.90 Å². The summed E-state index contributed by atoms with van der Waals surface area (Å²) < 4.78 is 0. The quantitative estimate of drug-likeness (QED) is 0.785. The molecule has 4 heteroatoms. The molecule has 1 N–H and O–H groups in total. The highest BCUT2D eigenvalue weighted by atomic mass is 16.4. The molecular formula is C10H14N2O2. The highest BCUT2D eigenvalue weighted by Gasteiger charge is 2.10. The van der Waals surface area contributed by atoms with E-state index < -0.39 is 5.97 Å². The lowest BCUT2D eigenvalue weighted by Gasteiger charge is -2.22. The number of hydrogen-bond acceptors (Lipinski definition) is 3. The van der Waals surface area contributed by atoms with Gasteiger partial charge in [0.1, 0.15) is 6.54 Å². The fraction of sp³-hybridized carbons (Fsp3) is 0.400. The van der Waals surface area contributed by atoms with Gasteiger partial charge >= 0.3 is 5.97 Å². The summed E-state index contributed by atoms with van der Waals surface area (Å²) in [4.78, 5) is 16.4. The van der Waals surface area contributed by atoms with Crippen molar-refractivity contribution in [2.75, 3.05) is 18.0 Å². The molecule has 1 aromatic rings. The minimum absolute atomic E-state index is 0.0291. The lowest BCUT2D eigenvalue weighted by atomic mass is 10.2. The number of aryl methyl sites for hydroxylation is 1. The van der Waals surface area contributed by atoms with E-state index >= 15 is 0 Å². The van der Waals surface area contributed by atoms with Crippen molar-refractivity contribution in [2.45, 2.75) is 13.8 Å². The molecule has 0 spiro atoms. The van der Waals surface area contributed by atoms with Gasteiger partial charge in [0.05, 0.1) is 0 Å². The second-order valence-electron chi connectivity index (χ2n) is 3.07. The maximum absolute atomic E-state index is 10.6. The van der Waals surface area contributed by atoms with E-state index in [4.69, 9.17) is 5.11 Å². The molecule has 1 aromatic heterocycles. The predicted octanol–water partition coefficient (Wildman–Crippen LogP) is 1.30. The Hall–Kier alpha value is -1.58. The van der Waals surface area contributed by atoms with Gasteiger partial charge in [0.25, 0.3) is 0 Å². The first-order valence-electron chi connectivity index (χ1n) is 4.52. The molecule has 0 bridgehead atoms. The normalized spacial score (nSPS) is 9.86. The van der Waals surface area contributed by atoms with Crippen molar-refractivity contribution in [3.63, 3.8) is 0 Å². The summed E-state index contributed by atoms with van der Waals surface area (Å²) in [6.45, 7) is 4.56. The average molecular weight is 194 g/mol. The highest BCUT2D eigenvalue weighted by molar-refractivity contribution is 5.74. The van der Waals surface area contributed by atoms with Crippen molar-refractivity contribution in [1.29, 1.82) is 0 Å². The Morgan fingerprint density at radius 1 is 1.64 bits per heavy atom. The van der Waals surface area contributed by atoms with Crippen LogP contribution in [0.1, 0.15) is 12.5 Å². The standard InChI is InChI=1S/C10H14N2O2/c1-3-12(7-10(13)14)9-4-5-11-6-8(9)2/h4-6H,3,7H2,1-2H3,(H,13,14). The second kappa shape index (κ2) is 4.60. The molecule has 0 atom stereocenters. The number of carboxylic acid groups (broad SMARTS) is 1. The van der Waals surface area contributed by atoms with Gasteiger partial charge in [0.2, 0.25) is 0 Å². The van der Waals surface area contributed by atoms with Gasteiger partial charge in [0, 0.05) is 24.6 Å². The third kappa shape index (κ3) is 2.45. The van der Waals surface area contributed by atoms with Gasteiger partial charge in [-0.25, -0.2) is 0 Å². The number of aromatic nitrogens is 1. The lowest BCUT2D eigenvalue weighted by Crippen LogP contribution is -2.29. The monoisotopic (exact) mass is 194 g/mol. The maximum Gasteiger partial charge on any atom is 0.323 e. The fourth-order valence-corrected chi connectivity index (χ4v) is 1.35. The average Bonchev–Trinajstić information content (AvgIpc) is 2.15. The molecule has 0 aliphatic rings. The Labute approximate surface area is 83.2 Å². The van der Waals surface area contributed by atoms with Crippen LogP contribution in [0.5, 0.6) is 0 Å². The van der Waals surface area contributed by atoms with Crippen LogP contribution in [0.3, 0.4) is 0 Å². The SMILES string of the molecule is CCN(CC(=O)O)c1ccncc1C. The molecule has 0 aliphatic carbocycles. The number of carboxylic acids is 1. The third-order valence-corrected chi connectivity index (χ3v) is 2.04. The van der Waals surface area contributed by atoms with E-state index in [1.54, 1.807) is 17.3 Å². The van der Waals surface area contributed by atoms with Crippen molar-refractivity contribution in [3.05, 3.63) is 24.0 Å². The summed E-state index contributed by atoms with van der Waals surface area (Å²) in [6, 6.07) is 1.84. The van der Waals surface area contributed by atoms with Gasteiger partial charge < -0.3 is 10.0 Å². The van der Waals surface area contributed by atoms with E-state index in [1.807, 2.05) is 19.9 Å². The zero-order valence-electron chi connectivity index (χ0n) is 8.40. The predicted molar refractivity (Wildman–Crippen MR) is 54.5 cm³/mol. The minimum atomic E-state index is -0.817. The highest BCUT2D eigenvalue weighted by Crippen LogP contribution is 2.17. The minimum Gasteiger partial charge on any atom is -0.480 e. The molecule has 0 saturated heterocycles. The van der Waals surface area contributed by atoms with Gasteiger partial charge in [-0.2, -0.15) is 0 Å². The number of hydrogen-bond donors (Lipinski definition) is 1. The molecular weight excluding hydrogens is 180 g/mol. The molecule has 0 aliphatic heterocycles. The third-order valence-electron chi connectivity index (χ3n) is 2.04. The number of aliphatic carboxylic acids is 1. The Morgan fingerprint density at radius 3 is 2.86 bits per heavy atom. The number of nitrogens with zero attached hydrogens (tertiary/aromatic N) is 2. The molecule has 0 saturated carbocycles. The van der Waals surface area contributed by atoms with Gasteiger partial charge in [-0.15, -0.1) is 0 Å². The Morgan fingerprint density at radius 2 is 2.36 bits per heavy atom. The maximum atomic E-state index is 10.6. The van der Waals surface area contributed by atoms with E-state index in [2.05, 4.69) is 4.98 Å². The largest absolute Gasteiger partial charge is 0.480 e. The molecule has 0 fully saturated rings. The Balaban J connectivity index is 2.89. The molecule has 1 heterocycles. The summed E-state index contributed by atoms with van der Waals surface area (Å²) in [5, 5.41) is 8.71. The van der Waals surface area contributed by atoms with Crippen LogP contribution < -0.4 is 4.90 Å². The van der Waals surface area contributed by atoms with Crippen LogP contribution in [0.4, 0.5) is 5.69 Å². The van der Waals surface area contributed by atoms with Crippen LogP contribution >= 0.6 is 0 Å². The zero-order valence-corrected chi connectivity index (χ0v) is 8.40. The van der Waals surface area contributed by atoms with Crippen LogP contribution in [0, 0.1) is 6.92 Å². The molecule has 76 valence electrons. The van der Waals surface area contributed by atoms with Crippen molar-refractivity contribution in [3.8, 4) is 0 Å². The number of likely N-dealkylation sites (N-methyl/N-ethyl adjacent to an activating group) is 1. The number of anilines is 1. The first kappa shape index (κ1) is 10.5. The van der Waals surface area contributed by atoms with E-state index in [-0.39, 0.29) is 6.54 Å². The summed E-state index contributed by atoms with van der Waals surface area (Å²) in [5.41, 5.74) is 1.93.